The molecule has 0 saturated heterocycles. The van der Waals surface area contributed by atoms with Gasteiger partial charge in [-0.2, -0.15) is 0 Å². The van der Waals surface area contributed by atoms with Crippen molar-refractivity contribution in [1.29, 1.82) is 0 Å². The third kappa shape index (κ3) is 2.29. The van der Waals surface area contributed by atoms with E-state index in [1.54, 1.807) is 0 Å². The normalized spacial score (nSPS) is 23.9. The van der Waals surface area contributed by atoms with Crippen LogP contribution in [0.15, 0.2) is 0 Å². The monoisotopic (exact) mass is 155 g/mol. The summed E-state index contributed by atoms with van der Waals surface area (Å²) in [5.41, 5.74) is 0. The Morgan fingerprint density at radius 3 is 2.73 bits per heavy atom. The van der Waals surface area contributed by atoms with Crippen LogP contribution >= 0.6 is 0 Å². The van der Waals surface area contributed by atoms with Gasteiger partial charge in [-0.1, -0.05) is 6.92 Å². The summed E-state index contributed by atoms with van der Waals surface area (Å²) < 4.78 is 0. The van der Waals surface area contributed by atoms with Gasteiger partial charge in [0, 0.05) is 12.3 Å². The van der Waals surface area contributed by atoms with Crippen LogP contribution in [0.2, 0.25) is 0 Å². The Labute approximate surface area is 68.6 Å². The van der Waals surface area contributed by atoms with Crippen LogP contribution in [0.25, 0.3) is 0 Å². The molecule has 0 heterocycles. The first kappa shape index (κ1) is 8.72. The zero-order chi connectivity index (χ0) is 8.27. The Bertz CT molecular complexity index is 144. The molecule has 0 aromatic heterocycles. The van der Waals surface area contributed by atoms with Crippen LogP contribution in [0, 0.1) is 5.92 Å². The van der Waals surface area contributed by atoms with Crippen molar-refractivity contribution in [3.05, 3.63) is 0 Å². The fourth-order valence-electron chi connectivity index (χ4n) is 1.31. The van der Waals surface area contributed by atoms with Crippen LogP contribution in [0.5, 0.6) is 0 Å². The Kier molecular flexibility index (Phi) is 3.06. The lowest BCUT2D eigenvalue weighted by atomic mass is 9.81. The van der Waals surface area contributed by atoms with Gasteiger partial charge >= 0.3 is 0 Å². The van der Waals surface area contributed by atoms with E-state index in [4.69, 9.17) is 0 Å². The minimum absolute atomic E-state index is 0.406. The molecule has 0 bridgehead atoms. The zero-order valence-corrected chi connectivity index (χ0v) is 7.47. The summed E-state index contributed by atoms with van der Waals surface area (Å²) in [6.45, 7) is 4.30. The second kappa shape index (κ2) is 3.86. The maximum atomic E-state index is 10.9. The third-order valence-electron chi connectivity index (χ3n) is 2.59. The van der Waals surface area contributed by atoms with E-state index >= 15 is 0 Å². The van der Waals surface area contributed by atoms with Gasteiger partial charge in [0.15, 0.2) is 0 Å². The highest BCUT2D eigenvalue weighted by Gasteiger charge is 2.27. The zero-order valence-electron chi connectivity index (χ0n) is 7.47. The first-order chi connectivity index (χ1) is 5.24. The molecule has 1 aliphatic carbocycles. The number of hydrogen-bond acceptors (Lipinski definition) is 2. The smallest absolute Gasteiger partial charge is 0.136 e. The molecule has 1 unspecified atom stereocenters. The van der Waals surface area contributed by atoms with E-state index in [0.29, 0.717) is 11.7 Å². The molecule has 11 heavy (non-hydrogen) atoms. The predicted octanol–water partition coefficient (Wildman–Crippen LogP) is 1.31. The molecule has 0 N–H and O–H groups in total. The highest BCUT2D eigenvalue weighted by atomic mass is 16.1. The molecule has 0 amide bonds. The standard InChI is InChI=1S/C9H17NO/c1-3-10(2)7-6-8-4-5-9(8)11/h8H,3-7H2,1-2H3. The van der Waals surface area contributed by atoms with Crippen molar-refractivity contribution in [3.63, 3.8) is 0 Å². The van der Waals surface area contributed by atoms with Crippen molar-refractivity contribution >= 4 is 5.78 Å². The van der Waals surface area contributed by atoms with E-state index < -0.39 is 0 Å². The molecule has 1 saturated carbocycles. The van der Waals surface area contributed by atoms with Crippen molar-refractivity contribution in [1.82, 2.24) is 4.90 Å². The lowest BCUT2D eigenvalue weighted by Crippen LogP contribution is -2.30. The number of Topliss-reactive ketones (excluding diaryl/α,β-unsaturated/α-hetero) is 1. The molecule has 0 aromatic carbocycles. The van der Waals surface area contributed by atoms with E-state index in [2.05, 4.69) is 18.9 Å². The maximum Gasteiger partial charge on any atom is 0.136 e. The molecule has 1 fully saturated rings. The molecule has 1 atom stereocenters. The Morgan fingerprint density at radius 1 is 1.64 bits per heavy atom. The number of nitrogens with zero attached hydrogens (tertiary/aromatic N) is 1. The number of carbonyl (C=O) groups excluding carboxylic acids is 1. The van der Waals surface area contributed by atoms with Gasteiger partial charge in [0.2, 0.25) is 0 Å². The summed E-state index contributed by atoms with van der Waals surface area (Å²) in [4.78, 5) is 13.2. The Hall–Kier alpha value is -0.370. The van der Waals surface area contributed by atoms with Crippen molar-refractivity contribution in [2.45, 2.75) is 26.2 Å². The lowest BCUT2D eigenvalue weighted by Gasteiger charge is -2.25. The number of carbonyl (C=O) groups is 1. The lowest BCUT2D eigenvalue weighted by molar-refractivity contribution is -0.129. The molecule has 1 aliphatic rings. The molecular weight excluding hydrogens is 138 g/mol. The average molecular weight is 155 g/mol. The largest absolute Gasteiger partial charge is 0.307 e. The third-order valence-corrected chi connectivity index (χ3v) is 2.59. The minimum atomic E-state index is 0.406. The quantitative estimate of drug-likeness (QED) is 0.610. The van der Waals surface area contributed by atoms with Gasteiger partial charge in [-0.15, -0.1) is 0 Å². The highest BCUT2D eigenvalue weighted by Crippen LogP contribution is 2.25. The van der Waals surface area contributed by atoms with Crippen molar-refractivity contribution < 1.29 is 4.79 Å². The summed E-state index contributed by atoms with van der Waals surface area (Å²) >= 11 is 0. The van der Waals surface area contributed by atoms with Crippen molar-refractivity contribution in [3.8, 4) is 0 Å². The van der Waals surface area contributed by atoms with Crippen LogP contribution in [0.4, 0.5) is 0 Å². The second-order valence-electron chi connectivity index (χ2n) is 3.39. The van der Waals surface area contributed by atoms with Gasteiger partial charge in [-0.3, -0.25) is 4.79 Å². The van der Waals surface area contributed by atoms with Crippen molar-refractivity contribution in [2.24, 2.45) is 5.92 Å². The van der Waals surface area contributed by atoms with Crippen LogP contribution in [0.3, 0.4) is 0 Å². The van der Waals surface area contributed by atoms with E-state index in [1.165, 1.54) is 0 Å². The van der Waals surface area contributed by atoms with Crippen LogP contribution in [-0.2, 0) is 4.79 Å². The van der Waals surface area contributed by atoms with Crippen LogP contribution < -0.4 is 0 Å². The SMILES string of the molecule is CCN(C)CCC1CCC1=O. The second-order valence-corrected chi connectivity index (χ2v) is 3.39. The van der Waals surface area contributed by atoms with Gasteiger partial charge < -0.3 is 4.90 Å². The van der Waals surface area contributed by atoms with Crippen LogP contribution in [0.1, 0.15) is 26.2 Å². The molecular formula is C9H17NO. The summed E-state index contributed by atoms with van der Waals surface area (Å²) in [7, 11) is 2.10. The molecule has 64 valence electrons. The molecule has 0 aliphatic heterocycles. The predicted molar refractivity (Wildman–Crippen MR) is 45.5 cm³/mol. The van der Waals surface area contributed by atoms with Gasteiger partial charge in [-0.25, -0.2) is 0 Å². The maximum absolute atomic E-state index is 10.9. The molecule has 0 radical (unpaired) electrons. The Balaban J connectivity index is 2.07. The first-order valence-corrected chi connectivity index (χ1v) is 4.45. The topological polar surface area (TPSA) is 20.3 Å². The minimum Gasteiger partial charge on any atom is -0.307 e. The summed E-state index contributed by atoms with van der Waals surface area (Å²) in [5, 5.41) is 0. The van der Waals surface area contributed by atoms with Gasteiger partial charge in [0.25, 0.3) is 0 Å². The highest BCUT2D eigenvalue weighted by molar-refractivity contribution is 5.86. The average Bonchev–Trinajstić information content (AvgIpc) is 2.01. The van der Waals surface area contributed by atoms with E-state index in [1.807, 2.05) is 0 Å². The summed E-state index contributed by atoms with van der Waals surface area (Å²) in [5.74, 6) is 0.888. The summed E-state index contributed by atoms with van der Waals surface area (Å²) in [6.07, 6.45) is 3.04. The molecule has 2 heteroatoms. The molecule has 2 nitrogen and oxygen atoms in total. The number of hydrogen-bond donors (Lipinski definition) is 0. The van der Waals surface area contributed by atoms with Crippen LogP contribution in [-0.4, -0.2) is 30.8 Å². The van der Waals surface area contributed by atoms with Gasteiger partial charge in [0.1, 0.15) is 5.78 Å². The van der Waals surface area contributed by atoms with Gasteiger partial charge in [0.05, 0.1) is 0 Å². The fraction of sp³-hybridized carbons (Fsp3) is 0.889. The number of rotatable bonds is 4. The fourth-order valence-corrected chi connectivity index (χ4v) is 1.31. The van der Waals surface area contributed by atoms with Gasteiger partial charge in [-0.05, 0) is 33.0 Å². The van der Waals surface area contributed by atoms with E-state index in [9.17, 15) is 4.79 Å². The van der Waals surface area contributed by atoms with E-state index in [0.717, 1.165) is 32.4 Å². The van der Waals surface area contributed by atoms with E-state index in [-0.39, 0.29) is 0 Å². The number of ketones is 1. The molecule has 1 rings (SSSR count). The molecule has 0 spiro atoms. The Morgan fingerprint density at radius 2 is 2.36 bits per heavy atom. The summed E-state index contributed by atoms with van der Waals surface area (Å²) in [6, 6.07) is 0. The first-order valence-electron chi connectivity index (χ1n) is 4.45. The van der Waals surface area contributed by atoms with Crippen molar-refractivity contribution in [2.75, 3.05) is 20.1 Å². The molecule has 0 aromatic rings.